The van der Waals surface area contributed by atoms with E-state index in [9.17, 15) is 14.7 Å². The third-order valence-corrected chi connectivity index (χ3v) is 5.74. The fourth-order valence-corrected chi connectivity index (χ4v) is 4.01. The van der Waals surface area contributed by atoms with Crippen LogP contribution >= 0.6 is 35.0 Å². The van der Waals surface area contributed by atoms with Gasteiger partial charge in [0.25, 0.3) is 5.56 Å². The Bertz CT molecular complexity index is 1170. The van der Waals surface area contributed by atoms with E-state index in [0.29, 0.717) is 43.2 Å². The molecule has 0 spiro atoms. The number of aliphatic hydroxyl groups is 1. The number of carbonyl (C=O) groups is 1. The van der Waals surface area contributed by atoms with Gasteiger partial charge in [-0.25, -0.2) is 9.78 Å². The maximum absolute atomic E-state index is 13.0. The number of fused-ring (bicyclic) bond motifs is 1. The lowest BCUT2D eigenvalue weighted by molar-refractivity contribution is 0.0601. The first kappa shape index (κ1) is 23.4. The molecule has 31 heavy (non-hydrogen) atoms. The van der Waals surface area contributed by atoms with Crippen LogP contribution in [0, 0.1) is 0 Å². The van der Waals surface area contributed by atoms with E-state index in [1.165, 1.54) is 41.6 Å². The molecule has 1 N–H and O–H groups in total. The zero-order valence-electron chi connectivity index (χ0n) is 16.8. The summed E-state index contributed by atoms with van der Waals surface area (Å²) < 4.78 is 11.8. The van der Waals surface area contributed by atoms with Crippen molar-refractivity contribution in [3.05, 3.63) is 62.4 Å². The molecular weight excluding hydrogens is 463 g/mol. The molecule has 0 aliphatic heterocycles. The maximum atomic E-state index is 13.0. The van der Waals surface area contributed by atoms with Gasteiger partial charge in [0.15, 0.2) is 5.16 Å². The highest BCUT2D eigenvalue weighted by Gasteiger charge is 2.15. The number of aliphatic hydroxyl groups excluding tert-OH is 1. The highest BCUT2D eigenvalue weighted by Crippen LogP contribution is 2.28. The van der Waals surface area contributed by atoms with Gasteiger partial charge in [-0.1, -0.05) is 35.0 Å². The third-order valence-electron chi connectivity index (χ3n) is 4.25. The number of esters is 1. The van der Waals surface area contributed by atoms with Gasteiger partial charge in [-0.05, 0) is 37.3 Å². The first-order valence-electron chi connectivity index (χ1n) is 9.31. The zero-order chi connectivity index (χ0) is 22.5. The van der Waals surface area contributed by atoms with Crippen LogP contribution in [0.4, 0.5) is 0 Å². The predicted molar refractivity (Wildman–Crippen MR) is 122 cm³/mol. The summed E-state index contributed by atoms with van der Waals surface area (Å²) in [5.74, 6) is 0.403. The van der Waals surface area contributed by atoms with Crippen molar-refractivity contribution in [1.29, 1.82) is 0 Å². The zero-order valence-corrected chi connectivity index (χ0v) is 19.1. The average Bonchev–Trinajstić information content (AvgIpc) is 2.74. The Morgan fingerprint density at radius 3 is 2.74 bits per heavy atom. The Labute approximate surface area is 192 Å². The molecule has 1 atom stereocenters. The summed E-state index contributed by atoms with van der Waals surface area (Å²) >= 11 is 13.4. The molecule has 2 aromatic carbocycles. The Kier molecular flexibility index (Phi) is 7.83. The van der Waals surface area contributed by atoms with E-state index >= 15 is 0 Å². The normalized spacial score (nSPS) is 12.0. The minimum atomic E-state index is -0.743. The summed E-state index contributed by atoms with van der Waals surface area (Å²) in [4.78, 5) is 29.4. The van der Waals surface area contributed by atoms with Crippen LogP contribution in [0.15, 0.2) is 46.3 Å². The molecule has 1 aromatic heterocycles. The van der Waals surface area contributed by atoms with Crippen molar-refractivity contribution in [2.45, 2.75) is 24.7 Å². The van der Waals surface area contributed by atoms with Gasteiger partial charge >= 0.3 is 5.97 Å². The smallest absolute Gasteiger partial charge is 0.337 e. The largest absolute Gasteiger partial charge is 0.491 e. The van der Waals surface area contributed by atoms with Crippen molar-refractivity contribution in [3.8, 4) is 5.75 Å². The highest BCUT2D eigenvalue weighted by molar-refractivity contribution is 7.99. The van der Waals surface area contributed by atoms with Crippen LogP contribution in [-0.2, 0) is 11.3 Å². The molecule has 0 aliphatic rings. The van der Waals surface area contributed by atoms with E-state index in [1.807, 2.05) is 0 Å². The number of rotatable bonds is 8. The van der Waals surface area contributed by atoms with Crippen molar-refractivity contribution in [2.24, 2.45) is 0 Å². The van der Waals surface area contributed by atoms with Gasteiger partial charge in [0, 0.05) is 16.8 Å². The molecule has 1 heterocycles. The van der Waals surface area contributed by atoms with Crippen LogP contribution in [0.5, 0.6) is 5.75 Å². The quantitative estimate of drug-likeness (QED) is 0.224. The van der Waals surface area contributed by atoms with Gasteiger partial charge in [-0.2, -0.15) is 0 Å². The minimum absolute atomic E-state index is 0.0871. The molecule has 0 saturated carbocycles. The van der Waals surface area contributed by atoms with Gasteiger partial charge in [0.05, 0.1) is 47.9 Å². The van der Waals surface area contributed by atoms with Gasteiger partial charge in [0.1, 0.15) is 5.75 Å². The molecule has 7 nitrogen and oxygen atoms in total. The molecule has 0 amide bonds. The second-order valence-corrected chi connectivity index (χ2v) is 8.56. The molecule has 3 rings (SSSR count). The SMILES string of the molecule is COC(=O)c1ccc2c(=O)n(C[C@H](C)O)c(SCCOc3cc(Cl)ccc3Cl)nc2c1. The van der Waals surface area contributed by atoms with Crippen LogP contribution in [-0.4, -0.2) is 46.2 Å². The summed E-state index contributed by atoms with van der Waals surface area (Å²) in [6, 6.07) is 9.51. The molecule has 0 saturated heterocycles. The molecule has 0 aliphatic carbocycles. The minimum Gasteiger partial charge on any atom is -0.491 e. The Balaban J connectivity index is 1.86. The van der Waals surface area contributed by atoms with Crippen LogP contribution in [0.2, 0.25) is 10.0 Å². The summed E-state index contributed by atoms with van der Waals surface area (Å²) in [7, 11) is 1.29. The molecule has 0 bridgehead atoms. The number of methoxy groups -OCH3 is 1. The molecular formula is C21H20Cl2N2O5S. The van der Waals surface area contributed by atoms with Crippen molar-refractivity contribution in [1.82, 2.24) is 9.55 Å². The van der Waals surface area contributed by atoms with E-state index < -0.39 is 12.1 Å². The first-order valence-corrected chi connectivity index (χ1v) is 11.1. The first-order chi connectivity index (χ1) is 14.8. The number of halogens is 2. The monoisotopic (exact) mass is 482 g/mol. The maximum Gasteiger partial charge on any atom is 0.337 e. The highest BCUT2D eigenvalue weighted by atomic mass is 35.5. The van der Waals surface area contributed by atoms with E-state index in [2.05, 4.69) is 4.98 Å². The standard InChI is InChI=1S/C21H20Cl2N2O5S/c1-12(26)11-25-19(27)15-5-3-13(20(28)29-2)9-17(15)24-21(25)31-8-7-30-18-10-14(22)4-6-16(18)23/h3-6,9-10,12,26H,7-8,11H2,1-2H3/t12-/m0/s1. The lowest BCUT2D eigenvalue weighted by Gasteiger charge is -2.15. The predicted octanol–water partition coefficient (Wildman–Crippen LogP) is 4.04. The number of ether oxygens (including phenoxy) is 2. The second-order valence-electron chi connectivity index (χ2n) is 6.65. The van der Waals surface area contributed by atoms with Crippen LogP contribution in [0.3, 0.4) is 0 Å². The number of thioether (sulfide) groups is 1. The topological polar surface area (TPSA) is 90.7 Å². The summed E-state index contributed by atoms with van der Waals surface area (Å²) in [6.45, 7) is 1.97. The number of hydrogen-bond donors (Lipinski definition) is 1. The van der Waals surface area contributed by atoms with E-state index in [0.717, 1.165) is 0 Å². The van der Waals surface area contributed by atoms with E-state index in [1.54, 1.807) is 25.1 Å². The van der Waals surface area contributed by atoms with Crippen LogP contribution in [0.1, 0.15) is 17.3 Å². The lowest BCUT2D eigenvalue weighted by Crippen LogP contribution is -2.28. The average molecular weight is 483 g/mol. The van der Waals surface area contributed by atoms with Crippen molar-refractivity contribution in [3.63, 3.8) is 0 Å². The van der Waals surface area contributed by atoms with Crippen molar-refractivity contribution in [2.75, 3.05) is 19.5 Å². The number of hydrogen-bond acceptors (Lipinski definition) is 7. The Hall–Kier alpha value is -2.26. The van der Waals surface area contributed by atoms with Crippen LogP contribution < -0.4 is 10.3 Å². The lowest BCUT2D eigenvalue weighted by atomic mass is 10.1. The van der Waals surface area contributed by atoms with Crippen molar-refractivity contribution < 1.29 is 19.4 Å². The van der Waals surface area contributed by atoms with E-state index in [4.69, 9.17) is 32.7 Å². The van der Waals surface area contributed by atoms with Crippen LogP contribution in [0.25, 0.3) is 10.9 Å². The molecule has 0 fully saturated rings. The second kappa shape index (κ2) is 10.4. The Morgan fingerprint density at radius 1 is 1.26 bits per heavy atom. The fraction of sp³-hybridized carbons (Fsp3) is 0.286. The van der Waals surface area contributed by atoms with E-state index in [-0.39, 0.29) is 18.7 Å². The number of benzene rings is 2. The summed E-state index contributed by atoms with van der Waals surface area (Å²) in [6.07, 6.45) is -0.743. The van der Waals surface area contributed by atoms with Crippen molar-refractivity contribution >= 4 is 51.8 Å². The summed E-state index contributed by atoms with van der Waals surface area (Å²) in [5, 5.41) is 11.5. The molecule has 0 unspecified atom stereocenters. The molecule has 3 aromatic rings. The number of carbonyl (C=O) groups excluding carboxylic acids is 1. The third kappa shape index (κ3) is 5.71. The molecule has 164 valence electrons. The number of nitrogens with zero attached hydrogens (tertiary/aromatic N) is 2. The Morgan fingerprint density at radius 2 is 2.03 bits per heavy atom. The van der Waals surface area contributed by atoms with Gasteiger partial charge < -0.3 is 14.6 Å². The molecule has 0 radical (unpaired) electrons. The van der Waals surface area contributed by atoms with Gasteiger partial charge in [0.2, 0.25) is 0 Å². The molecule has 10 heteroatoms. The van der Waals surface area contributed by atoms with Gasteiger partial charge in [-0.15, -0.1) is 0 Å². The fourth-order valence-electron chi connectivity index (χ4n) is 2.85. The summed E-state index contributed by atoms with van der Waals surface area (Å²) in [5.41, 5.74) is 0.365. The number of aromatic nitrogens is 2. The van der Waals surface area contributed by atoms with Gasteiger partial charge in [-0.3, -0.25) is 9.36 Å².